The van der Waals surface area contributed by atoms with Crippen molar-refractivity contribution in [2.75, 3.05) is 19.6 Å². The number of likely N-dealkylation sites (tertiary alicyclic amines) is 1. The SMILES string of the molecule is O=C(C1CCc2ccccc2C1)N1C[C@@H]2CCCN[C@@H]2C1. The van der Waals surface area contributed by atoms with Crippen molar-refractivity contribution >= 4 is 5.91 Å². The van der Waals surface area contributed by atoms with E-state index in [1.165, 1.54) is 24.0 Å². The molecular weight excluding hydrogens is 260 g/mol. The average molecular weight is 284 g/mol. The first-order chi connectivity index (χ1) is 10.3. The van der Waals surface area contributed by atoms with Crippen LogP contribution in [0.2, 0.25) is 0 Å². The number of piperidine rings is 1. The zero-order chi connectivity index (χ0) is 14.2. The third kappa shape index (κ3) is 2.48. The molecule has 2 heterocycles. The van der Waals surface area contributed by atoms with Crippen molar-refractivity contribution in [1.29, 1.82) is 0 Å². The number of carbonyl (C=O) groups is 1. The standard InChI is InChI=1S/C18H24N2O/c21-18(20-11-16-6-3-9-19-17(16)12-20)15-8-7-13-4-1-2-5-14(13)10-15/h1-2,4-5,15-17,19H,3,6-12H2/t15?,16-,17+/m0/s1. The van der Waals surface area contributed by atoms with Gasteiger partial charge >= 0.3 is 0 Å². The van der Waals surface area contributed by atoms with E-state index in [1.54, 1.807) is 0 Å². The first kappa shape index (κ1) is 13.3. The second kappa shape index (κ2) is 5.45. The number of amides is 1. The van der Waals surface area contributed by atoms with Crippen LogP contribution in [0, 0.1) is 11.8 Å². The third-order valence-electron chi connectivity index (χ3n) is 5.61. The molecule has 2 aliphatic heterocycles. The number of hydrogen-bond acceptors (Lipinski definition) is 2. The Bertz CT molecular complexity index is 528. The largest absolute Gasteiger partial charge is 0.341 e. The summed E-state index contributed by atoms with van der Waals surface area (Å²) in [7, 11) is 0. The van der Waals surface area contributed by atoms with Gasteiger partial charge in [-0.3, -0.25) is 4.79 Å². The van der Waals surface area contributed by atoms with Gasteiger partial charge in [0.15, 0.2) is 0 Å². The first-order valence-corrected chi connectivity index (χ1v) is 8.40. The van der Waals surface area contributed by atoms with Gasteiger partial charge in [0.2, 0.25) is 5.91 Å². The quantitative estimate of drug-likeness (QED) is 0.855. The molecule has 0 aromatic heterocycles. The molecular formula is C18H24N2O. The maximum Gasteiger partial charge on any atom is 0.226 e. The van der Waals surface area contributed by atoms with E-state index in [1.807, 2.05) is 0 Å². The van der Waals surface area contributed by atoms with Gasteiger partial charge in [0, 0.05) is 25.0 Å². The van der Waals surface area contributed by atoms with E-state index in [-0.39, 0.29) is 5.92 Å². The van der Waals surface area contributed by atoms with Crippen LogP contribution in [0.15, 0.2) is 24.3 Å². The molecule has 1 aromatic carbocycles. The molecule has 3 atom stereocenters. The summed E-state index contributed by atoms with van der Waals surface area (Å²) >= 11 is 0. The number of hydrogen-bond donors (Lipinski definition) is 1. The molecule has 1 unspecified atom stereocenters. The molecule has 0 radical (unpaired) electrons. The van der Waals surface area contributed by atoms with Gasteiger partial charge in [-0.05, 0) is 55.7 Å². The first-order valence-electron chi connectivity index (χ1n) is 8.40. The van der Waals surface area contributed by atoms with Gasteiger partial charge in [-0.25, -0.2) is 0 Å². The van der Waals surface area contributed by atoms with Gasteiger partial charge in [-0.1, -0.05) is 24.3 Å². The van der Waals surface area contributed by atoms with E-state index in [2.05, 4.69) is 34.5 Å². The van der Waals surface area contributed by atoms with Crippen molar-refractivity contribution in [2.45, 2.75) is 38.1 Å². The lowest BCUT2D eigenvalue weighted by Gasteiger charge is -2.28. The van der Waals surface area contributed by atoms with E-state index < -0.39 is 0 Å². The zero-order valence-electron chi connectivity index (χ0n) is 12.6. The maximum atomic E-state index is 12.9. The van der Waals surface area contributed by atoms with Crippen LogP contribution in [-0.2, 0) is 17.6 Å². The van der Waals surface area contributed by atoms with Gasteiger partial charge in [0.1, 0.15) is 0 Å². The Kier molecular flexibility index (Phi) is 3.46. The molecule has 0 saturated carbocycles. The molecule has 0 spiro atoms. The van der Waals surface area contributed by atoms with Crippen LogP contribution in [-0.4, -0.2) is 36.5 Å². The molecule has 112 valence electrons. The van der Waals surface area contributed by atoms with Crippen LogP contribution >= 0.6 is 0 Å². The highest BCUT2D eigenvalue weighted by atomic mass is 16.2. The van der Waals surface area contributed by atoms with E-state index in [0.29, 0.717) is 17.9 Å². The Morgan fingerprint density at radius 2 is 2.00 bits per heavy atom. The lowest BCUT2D eigenvalue weighted by atomic mass is 9.83. The smallest absolute Gasteiger partial charge is 0.226 e. The molecule has 1 amide bonds. The highest BCUT2D eigenvalue weighted by Crippen LogP contribution is 2.30. The molecule has 1 N–H and O–H groups in total. The van der Waals surface area contributed by atoms with Crippen LogP contribution in [0.4, 0.5) is 0 Å². The topological polar surface area (TPSA) is 32.3 Å². The van der Waals surface area contributed by atoms with Gasteiger partial charge in [-0.15, -0.1) is 0 Å². The molecule has 3 aliphatic rings. The van der Waals surface area contributed by atoms with Gasteiger partial charge in [-0.2, -0.15) is 0 Å². The van der Waals surface area contributed by atoms with Crippen molar-refractivity contribution in [3.8, 4) is 0 Å². The Balaban J connectivity index is 1.44. The molecule has 1 aliphatic carbocycles. The summed E-state index contributed by atoms with van der Waals surface area (Å²) in [6.45, 7) is 3.04. The summed E-state index contributed by atoms with van der Waals surface area (Å²) in [6.07, 6.45) is 5.57. The minimum absolute atomic E-state index is 0.208. The van der Waals surface area contributed by atoms with E-state index in [4.69, 9.17) is 0 Å². The number of nitrogens with zero attached hydrogens (tertiary/aromatic N) is 1. The maximum absolute atomic E-state index is 12.9. The summed E-state index contributed by atoms with van der Waals surface area (Å²) in [5, 5.41) is 3.59. The van der Waals surface area contributed by atoms with Crippen molar-refractivity contribution in [1.82, 2.24) is 10.2 Å². The van der Waals surface area contributed by atoms with Gasteiger partial charge in [0.25, 0.3) is 0 Å². The van der Waals surface area contributed by atoms with Crippen molar-refractivity contribution in [2.24, 2.45) is 11.8 Å². The van der Waals surface area contributed by atoms with Crippen molar-refractivity contribution < 1.29 is 4.79 Å². The monoisotopic (exact) mass is 284 g/mol. The summed E-state index contributed by atoms with van der Waals surface area (Å²) in [6, 6.07) is 9.17. The summed E-state index contributed by atoms with van der Waals surface area (Å²) in [5.41, 5.74) is 2.83. The molecule has 0 bridgehead atoms. The van der Waals surface area contributed by atoms with E-state index in [0.717, 1.165) is 38.9 Å². The fourth-order valence-electron chi connectivity index (χ4n) is 4.39. The number of aryl methyl sites for hydroxylation is 1. The minimum atomic E-state index is 0.208. The molecule has 3 nitrogen and oxygen atoms in total. The predicted molar refractivity (Wildman–Crippen MR) is 83.1 cm³/mol. The second-order valence-corrected chi connectivity index (χ2v) is 6.91. The fourth-order valence-corrected chi connectivity index (χ4v) is 4.39. The number of rotatable bonds is 1. The lowest BCUT2D eigenvalue weighted by Crippen LogP contribution is -2.41. The van der Waals surface area contributed by atoms with E-state index in [9.17, 15) is 4.79 Å². The number of benzene rings is 1. The molecule has 1 aromatic rings. The average Bonchev–Trinajstić information content (AvgIpc) is 2.97. The Labute approximate surface area is 126 Å². The third-order valence-corrected chi connectivity index (χ3v) is 5.61. The minimum Gasteiger partial charge on any atom is -0.341 e. The molecule has 2 saturated heterocycles. The van der Waals surface area contributed by atoms with Crippen LogP contribution in [0.25, 0.3) is 0 Å². The van der Waals surface area contributed by atoms with Gasteiger partial charge in [0.05, 0.1) is 0 Å². The number of carbonyl (C=O) groups excluding carboxylic acids is 1. The Hall–Kier alpha value is -1.35. The summed E-state index contributed by atoms with van der Waals surface area (Å²) in [5.74, 6) is 1.30. The summed E-state index contributed by atoms with van der Waals surface area (Å²) in [4.78, 5) is 15.0. The Morgan fingerprint density at radius 3 is 2.86 bits per heavy atom. The second-order valence-electron chi connectivity index (χ2n) is 6.91. The van der Waals surface area contributed by atoms with Crippen LogP contribution in [0.3, 0.4) is 0 Å². The highest BCUT2D eigenvalue weighted by molar-refractivity contribution is 5.80. The highest BCUT2D eigenvalue weighted by Gasteiger charge is 2.38. The number of nitrogens with one attached hydrogen (secondary N) is 1. The van der Waals surface area contributed by atoms with Crippen LogP contribution in [0.5, 0.6) is 0 Å². The van der Waals surface area contributed by atoms with Crippen molar-refractivity contribution in [3.63, 3.8) is 0 Å². The lowest BCUT2D eigenvalue weighted by molar-refractivity contribution is -0.135. The van der Waals surface area contributed by atoms with Crippen molar-refractivity contribution in [3.05, 3.63) is 35.4 Å². The van der Waals surface area contributed by atoms with Gasteiger partial charge < -0.3 is 10.2 Å². The normalized spacial score (nSPS) is 31.6. The number of fused-ring (bicyclic) bond motifs is 2. The summed E-state index contributed by atoms with van der Waals surface area (Å²) < 4.78 is 0. The van der Waals surface area contributed by atoms with Crippen LogP contribution in [0.1, 0.15) is 30.4 Å². The zero-order valence-corrected chi connectivity index (χ0v) is 12.6. The molecule has 3 heteroatoms. The fraction of sp³-hybridized carbons (Fsp3) is 0.611. The Morgan fingerprint density at radius 1 is 1.14 bits per heavy atom. The predicted octanol–water partition coefficient (Wildman–Crippen LogP) is 2.00. The molecule has 2 fully saturated rings. The van der Waals surface area contributed by atoms with E-state index >= 15 is 0 Å². The molecule has 4 rings (SSSR count). The molecule has 21 heavy (non-hydrogen) atoms. The van der Waals surface area contributed by atoms with Crippen LogP contribution < -0.4 is 5.32 Å².